The van der Waals surface area contributed by atoms with Crippen LogP contribution < -0.4 is 4.31 Å². The molecule has 1 heterocycles. The smallest absolute Gasteiger partial charge is 0.335 e. The van der Waals surface area contributed by atoms with Gasteiger partial charge in [0.05, 0.1) is 18.0 Å². The average molecular weight is 381 g/mol. The summed E-state index contributed by atoms with van der Waals surface area (Å²) in [6.45, 7) is 6.81. The lowest BCUT2D eigenvalue weighted by Gasteiger charge is -2.18. The third-order valence-corrected chi connectivity index (χ3v) is 5.88. The van der Waals surface area contributed by atoms with Gasteiger partial charge in [-0.3, -0.25) is 9.10 Å². The number of esters is 1. The van der Waals surface area contributed by atoms with E-state index in [4.69, 9.17) is 9.47 Å². The zero-order chi connectivity index (χ0) is 19.3. The number of hydrogen-bond donors (Lipinski definition) is 0. The van der Waals surface area contributed by atoms with E-state index in [1.165, 1.54) is 17.3 Å². The molecule has 142 valence electrons. The van der Waals surface area contributed by atoms with Crippen LogP contribution in [0.2, 0.25) is 0 Å². The first-order valence-electron chi connectivity index (χ1n) is 8.35. The molecule has 8 heteroatoms. The van der Waals surface area contributed by atoms with Gasteiger partial charge in [-0.05, 0) is 44.0 Å². The molecule has 0 amide bonds. The van der Waals surface area contributed by atoms with E-state index in [-0.39, 0.29) is 18.1 Å². The highest BCUT2D eigenvalue weighted by atomic mass is 32.2. The van der Waals surface area contributed by atoms with E-state index in [2.05, 4.69) is 6.58 Å². The largest absolute Gasteiger partial charge is 0.455 e. The molecule has 0 saturated heterocycles. The minimum absolute atomic E-state index is 0.0230. The van der Waals surface area contributed by atoms with E-state index in [0.29, 0.717) is 24.2 Å². The molecule has 1 atom stereocenters. The molecule has 26 heavy (non-hydrogen) atoms. The fourth-order valence-corrected chi connectivity index (χ4v) is 3.77. The molecule has 0 spiro atoms. The summed E-state index contributed by atoms with van der Waals surface area (Å²) in [7, 11) is -3.33. The van der Waals surface area contributed by atoms with Gasteiger partial charge in [-0.2, -0.15) is 0 Å². The minimum Gasteiger partial charge on any atom is -0.455 e. The maximum absolute atomic E-state index is 12.3. The number of rotatable bonds is 9. The van der Waals surface area contributed by atoms with Crippen LogP contribution >= 0.6 is 0 Å². The SMILES string of the molecule is C=CCOC(C)C(=O)OCC(=O)c1ccc2c(c1)CCN2S(=O)(=O)CC. The fraction of sp³-hybridized carbons (Fsp3) is 0.444. The Morgan fingerprint density at radius 2 is 2.12 bits per heavy atom. The molecule has 1 aromatic rings. The van der Waals surface area contributed by atoms with Gasteiger partial charge < -0.3 is 9.47 Å². The number of benzene rings is 1. The Hall–Kier alpha value is -2.19. The summed E-state index contributed by atoms with van der Waals surface area (Å²) in [5.74, 6) is -0.953. The summed E-state index contributed by atoms with van der Waals surface area (Å²) in [4.78, 5) is 24.0. The van der Waals surface area contributed by atoms with E-state index in [1.54, 1.807) is 25.1 Å². The third kappa shape index (κ3) is 4.50. The molecule has 0 radical (unpaired) electrons. The van der Waals surface area contributed by atoms with Gasteiger partial charge in [0.1, 0.15) is 0 Å². The molecule has 0 N–H and O–H groups in total. The zero-order valence-corrected chi connectivity index (χ0v) is 15.8. The number of carbonyl (C=O) groups is 2. The lowest BCUT2D eigenvalue weighted by Crippen LogP contribution is -2.30. The molecule has 0 aromatic heterocycles. The molecule has 0 bridgehead atoms. The van der Waals surface area contributed by atoms with E-state index in [1.807, 2.05) is 0 Å². The van der Waals surface area contributed by atoms with Crippen molar-refractivity contribution in [2.45, 2.75) is 26.4 Å². The monoisotopic (exact) mass is 381 g/mol. The average Bonchev–Trinajstić information content (AvgIpc) is 3.07. The molecule has 1 unspecified atom stereocenters. The van der Waals surface area contributed by atoms with Crippen molar-refractivity contribution in [1.82, 2.24) is 0 Å². The summed E-state index contributed by atoms with van der Waals surface area (Å²) in [5, 5.41) is 0. The number of ketones is 1. The van der Waals surface area contributed by atoms with Gasteiger partial charge in [-0.25, -0.2) is 13.2 Å². The van der Waals surface area contributed by atoms with Crippen LogP contribution in [0.3, 0.4) is 0 Å². The summed E-state index contributed by atoms with van der Waals surface area (Å²) >= 11 is 0. The number of sulfonamides is 1. The number of anilines is 1. The van der Waals surface area contributed by atoms with Gasteiger partial charge in [0, 0.05) is 12.1 Å². The van der Waals surface area contributed by atoms with Gasteiger partial charge in [0.15, 0.2) is 18.5 Å². The molecule has 7 nitrogen and oxygen atoms in total. The van der Waals surface area contributed by atoms with Crippen molar-refractivity contribution in [2.24, 2.45) is 0 Å². The van der Waals surface area contributed by atoms with Crippen molar-refractivity contribution < 1.29 is 27.5 Å². The van der Waals surface area contributed by atoms with Crippen molar-refractivity contribution >= 4 is 27.5 Å². The summed E-state index contributed by atoms with van der Waals surface area (Å²) in [6, 6.07) is 4.84. The molecule has 1 aromatic carbocycles. The number of fused-ring (bicyclic) bond motifs is 1. The van der Waals surface area contributed by atoms with Crippen molar-refractivity contribution in [3.63, 3.8) is 0 Å². The summed E-state index contributed by atoms with van der Waals surface area (Å²) in [5.41, 5.74) is 1.78. The van der Waals surface area contributed by atoms with Crippen LogP contribution in [-0.4, -0.2) is 51.8 Å². The van der Waals surface area contributed by atoms with Crippen LogP contribution in [0.5, 0.6) is 0 Å². The Balaban J connectivity index is 2.02. The predicted molar refractivity (Wildman–Crippen MR) is 97.9 cm³/mol. The van der Waals surface area contributed by atoms with Crippen LogP contribution in [0.4, 0.5) is 5.69 Å². The first-order chi connectivity index (χ1) is 12.3. The highest BCUT2D eigenvalue weighted by molar-refractivity contribution is 7.92. The molecule has 0 aliphatic carbocycles. The highest BCUT2D eigenvalue weighted by Gasteiger charge is 2.28. The lowest BCUT2D eigenvalue weighted by molar-refractivity contribution is -0.154. The Kier molecular flexibility index (Phi) is 6.55. The van der Waals surface area contributed by atoms with Crippen molar-refractivity contribution in [3.05, 3.63) is 42.0 Å². The number of nitrogens with zero attached hydrogens (tertiary/aromatic N) is 1. The van der Waals surface area contributed by atoms with Crippen LogP contribution in [0.1, 0.15) is 29.8 Å². The van der Waals surface area contributed by atoms with Gasteiger partial charge >= 0.3 is 5.97 Å². The lowest BCUT2D eigenvalue weighted by atomic mass is 10.1. The molecule has 0 fully saturated rings. The molecular formula is C18H23NO6S. The van der Waals surface area contributed by atoms with E-state index < -0.39 is 28.7 Å². The summed E-state index contributed by atoms with van der Waals surface area (Å²) < 4.78 is 35.7. The molecule has 1 aliphatic heterocycles. The van der Waals surface area contributed by atoms with E-state index >= 15 is 0 Å². The highest BCUT2D eigenvalue weighted by Crippen LogP contribution is 2.31. The summed E-state index contributed by atoms with van der Waals surface area (Å²) in [6.07, 6.45) is 1.28. The maximum atomic E-state index is 12.3. The number of carbonyl (C=O) groups excluding carboxylic acids is 2. The fourth-order valence-electron chi connectivity index (χ4n) is 2.61. The molecular weight excluding hydrogens is 358 g/mol. The minimum atomic E-state index is -3.33. The Bertz CT molecular complexity index is 802. The van der Waals surface area contributed by atoms with Gasteiger partial charge in [0.25, 0.3) is 0 Å². The Morgan fingerprint density at radius 1 is 1.38 bits per heavy atom. The second-order valence-electron chi connectivity index (χ2n) is 5.86. The Labute approximate surface area is 153 Å². The van der Waals surface area contributed by atoms with Gasteiger partial charge in [-0.1, -0.05) is 6.08 Å². The van der Waals surface area contributed by atoms with Crippen molar-refractivity contribution in [2.75, 3.05) is 29.8 Å². The maximum Gasteiger partial charge on any atom is 0.335 e. The van der Waals surface area contributed by atoms with Crippen molar-refractivity contribution in [1.29, 1.82) is 0 Å². The van der Waals surface area contributed by atoms with Crippen LogP contribution in [0.15, 0.2) is 30.9 Å². The second-order valence-corrected chi connectivity index (χ2v) is 8.04. The van der Waals surface area contributed by atoms with E-state index in [9.17, 15) is 18.0 Å². The van der Waals surface area contributed by atoms with Gasteiger partial charge in [0.2, 0.25) is 10.0 Å². The normalized spacial score (nSPS) is 14.6. The molecule has 0 saturated carbocycles. The standard InChI is InChI=1S/C18H23NO6S/c1-4-10-24-13(3)18(21)25-12-17(20)15-6-7-16-14(11-15)8-9-19(16)26(22,23)5-2/h4,6-7,11,13H,1,5,8-10,12H2,2-3H3. The first kappa shape index (κ1) is 20.1. The van der Waals surface area contributed by atoms with Crippen LogP contribution in [0.25, 0.3) is 0 Å². The predicted octanol–water partition coefficient (Wildman–Crippen LogP) is 1.72. The van der Waals surface area contributed by atoms with Crippen LogP contribution in [-0.2, 0) is 30.7 Å². The second kappa shape index (κ2) is 8.46. The Morgan fingerprint density at radius 3 is 2.77 bits per heavy atom. The topological polar surface area (TPSA) is 90.0 Å². The van der Waals surface area contributed by atoms with E-state index in [0.717, 1.165) is 5.56 Å². The zero-order valence-electron chi connectivity index (χ0n) is 14.9. The van der Waals surface area contributed by atoms with Crippen LogP contribution in [0, 0.1) is 0 Å². The number of Topliss-reactive ketones (excluding diaryl/α,β-unsaturated/α-hetero) is 1. The quantitative estimate of drug-likeness (QED) is 0.368. The number of hydrogen-bond acceptors (Lipinski definition) is 6. The molecule has 2 rings (SSSR count). The third-order valence-electron chi connectivity index (χ3n) is 4.10. The first-order valence-corrected chi connectivity index (χ1v) is 9.96. The van der Waals surface area contributed by atoms with Gasteiger partial charge in [-0.15, -0.1) is 6.58 Å². The van der Waals surface area contributed by atoms with Crippen molar-refractivity contribution in [3.8, 4) is 0 Å². The number of ether oxygens (including phenoxy) is 2. The molecule has 1 aliphatic rings.